The van der Waals surface area contributed by atoms with Gasteiger partial charge in [0.25, 0.3) is 0 Å². The van der Waals surface area contributed by atoms with Crippen molar-refractivity contribution in [3.8, 4) is 0 Å². The van der Waals surface area contributed by atoms with E-state index in [2.05, 4.69) is 13.2 Å². The van der Waals surface area contributed by atoms with E-state index >= 15 is 0 Å². The normalized spacial score (nSPS) is 19.1. The third-order valence-corrected chi connectivity index (χ3v) is 3.01. The summed E-state index contributed by atoms with van der Waals surface area (Å²) >= 11 is 0. The standard InChI is InChI=1S/C13H20N2O3/c1-3-7-14(8-4-2)13(18)15-9-5-6-11(10-15)12(16)17/h3-4,11H,1-2,5-10H2,(H,16,17). The van der Waals surface area contributed by atoms with Crippen molar-refractivity contribution in [2.24, 2.45) is 5.92 Å². The summed E-state index contributed by atoms with van der Waals surface area (Å²) in [7, 11) is 0. The molecule has 1 saturated heterocycles. The van der Waals surface area contributed by atoms with Crippen molar-refractivity contribution in [2.45, 2.75) is 12.8 Å². The van der Waals surface area contributed by atoms with Crippen molar-refractivity contribution in [3.63, 3.8) is 0 Å². The Labute approximate surface area is 107 Å². The summed E-state index contributed by atoms with van der Waals surface area (Å²) in [6, 6.07) is -0.138. The molecule has 5 heteroatoms. The van der Waals surface area contributed by atoms with Crippen LogP contribution in [0.3, 0.4) is 0 Å². The molecule has 1 fully saturated rings. The Balaban J connectivity index is 2.65. The van der Waals surface area contributed by atoms with Gasteiger partial charge in [-0.15, -0.1) is 13.2 Å². The molecule has 1 rings (SSSR count). The molecule has 5 nitrogen and oxygen atoms in total. The van der Waals surface area contributed by atoms with E-state index in [1.807, 2.05) is 0 Å². The van der Waals surface area contributed by atoms with Gasteiger partial charge in [0.15, 0.2) is 0 Å². The van der Waals surface area contributed by atoms with Gasteiger partial charge in [-0.25, -0.2) is 4.79 Å². The molecule has 2 amide bonds. The fourth-order valence-corrected chi connectivity index (χ4v) is 2.09. The van der Waals surface area contributed by atoms with Crippen LogP contribution < -0.4 is 0 Å². The first-order chi connectivity index (χ1) is 8.60. The van der Waals surface area contributed by atoms with Crippen LogP contribution in [0, 0.1) is 5.92 Å². The van der Waals surface area contributed by atoms with Gasteiger partial charge < -0.3 is 14.9 Å². The lowest BCUT2D eigenvalue weighted by Gasteiger charge is -2.34. The molecule has 1 unspecified atom stereocenters. The molecule has 1 N–H and O–H groups in total. The second-order valence-corrected chi connectivity index (χ2v) is 4.39. The smallest absolute Gasteiger partial charge is 0.320 e. The Bertz CT molecular complexity index is 331. The number of amides is 2. The van der Waals surface area contributed by atoms with Crippen molar-refractivity contribution in [1.82, 2.24) is 9.80 Å². The molecule has 0 spiro atoms. The minimum atomic E-state index is -0.827. The summed E-state index contributed by atoms with van der Waals surface area (Å²) in [4.78, 5) is 26.4. The highest BCUT2D eigenvalue weighted by Gasteiger charge is 2.29. The SMILES string of the molecule is C=CCN(CC=C)C(=O)N1CCCC(C(=O)O)C1. The number of hydrogen-bond donors (Lipinski definition) is 1. The summed E-state index contributed by atoms with van der Waals surface area (Å²) < 4.78 is 0. The van der Waals surface area contributed by atoms with Crippen molar-refractivity contribution < 1.29 is 14.7 Å². The number of carbonyl (C=O) groups excluding carboxylic acids is 1. The predicted octanol–water partition coefficient (Wildman–Crippen LogP) is 1.58. The van der Waals surface area contributed by atoms with Gasteiger partial charge in [-0.3, -0.25) is 4.79 Å². The van der Waals surface area contributed by atoms with Crippen LogP contribution in [0.2, 0.25) is 0 Å². The van der Waals surface area contributed by atoms with Crippen LogP contribution in [0.4, 0.5) is 4.79 Å². The number of aliphatic carboxylic acids is 1. The van der Waals surface area contributed by atoms with Crippen LogP contribution in [0.15, 0.2) is 25.3 Å². The Morgan fingerprint density at radius 2 is 1.94 bits per heavy atom. The number of carboxylic acids is 1. The maximum atomic E-state index is 12.2. The minimum Gasteiger partial charge on any atom is -0.481 e. The molecule has 0 saturated carbocycles. The molecule has 1 atom stereocenters. The van der Waals surface area contributed by atoms with Gasteiger partial charge in [-0.05, 0) is 12.8 Å². The van der Waals surface area contributed by atoms with Gasteiger partial charge in [0, 0.05) is 26.2 Å². The summed E-state index contributed by atoms with van der Waals surface area (Å²) in [6.07, 6.45) is 4.68. The zero-order valence-corrected chi connectivity index (χ0v) is 10.5. The van der Waals surface area contributed by atoms with Crippen molar-refractivity contribution in [3.05, 3.63) is 25.3 Å². The van der Waals surface area contributed by atoms with Crippen molar-refractivity contribution >= 4 is 12.0 Å². The average Bonchev–Trinajstić information content (AvgIpc) is 2.38. The first-order valence-corrected chi connectivity index (χ1v) is 6.08. The fourth-order valence-electron chi connectivity index (χ4n) is 2.09. The zero-order valence-electron chi connectivity index (χ0n) is 10.5. The number of rotatable bonds is 5. The molecule has 0 aliphatic carbocycles. The number of carbonyl (C=O) groups is 2. The first-order valence-electron chi connectivity index (χ1n) is 6.08. The number of hydrogen-bond acceptors (Lipinski definition) is 2. The monoisotopic (exact) mass is 252 g/mol. The van der Waals surface area contributed by atoms with Gasteiger partial charge >= 0.3 is 12.0 Å². The summed E-state index contributed by atoms with van der Waals surface area (Å²) in [6.45, 7) is 9.02. The first kappa shape index (κ1) is 14.3. The van der Waals surface area contributed by atoms with Gasteiger partial charge in [-0.1, -0.05) is 12.2 Å². The Morgan fingerprint density at radius 1 is 1.33 bits per heavy atom. The number of carboxylic acid groups (broad SMARTS) is 1. The molecule has 100 valence electrons. The van der Waals surface area contributed by atoms with Crippen LogP contribution in [-0.2, 0) is 4.79 Å². The van der Waals surface area contributed by atoms with Crippen LogP contribution in [0.5, 0.6) is 0 Å². The van der Waals surface area contributed by atoms with E-state index in [4.69, 9.17) is 5.11 Å². The van der Waals surface area contributed by atoms with Crippen molar-refractivity contribution in [2.75, 3.05) is 26.2 Å². The highest BCUT2D eigenvalue weighted by Crippen LogP contribution is 2.18. The number of urea groups is 1. The molecule has 1 aliphatic rings. The predicted molar refractivity (Wildman–Crippen MR) is 69.3 cm³/mol. The molecule has 1 aliphatic heterocycles. The third kappa shape index (κ3) is 3.61. The highest BCUT2D eigenvalue weighted by atomic mass is 16.4. The lowest BCUT2D eigenvalue weighted by Crippen LogP contribution is -2.48. The molecular formula is C13H20N2O3. The maximum Gasteiger partial charge on any atom is 0.320 e. The van der Waals surface area contributed by atoms with E-state index < -0.39 is 11.9 Å². The summed E-state index contributed by atoms with van der Waals surface area (Å²) in [5.41, 5.74) is 0. The Morgan fingerprint density at radius 3 is 2.44 bits per heavy atom. The molecule has 0 aromatic carbocycles. The van der Waals surface area contributed by atoms with E-state index in [-0.39, 0.29) is 6.03 Å². The van der Waals surface area contributed by atoms with E-state index in [9.17, 15) is 9.59 Å². The quantitative estimate of drug-likeness (QED) is 0.756. The second-order valence-electron chi connectivity index (χ2n) is 4.39. The zero-order chi connectivity index (χ0) is 13.5. The minimum absolute atomic E-state index is 0.138. The lowest BCUT2D eigenvalue weighted by molar-refractivity contribution is -0.143. The van der Waals surface area contributed by atoms with E-state index in [0.29, 0.717) is 32.6 Å². The van der Waals surface area contributed by atoms with E-state index in [0.717, 1.165) is 6.42 Å². The van der Waals surface area contributed by atoms with Gasteiger partial charge in [0.05, 0.1) is 5.92 Å². The third-order valence-electron chi connectivity index (χ3n) is 3.01. The number of likely N-dealkylation sites (tertiary alicyclic amines) is 1. The second kappa shape index (κ2) is 6.83. The Hall–Kier alpha value is -1.78. The van der Waals surface area contributed by atoms with Crippen LogP contribution in [-0.4, -0.2) is 53.1 Å². The molecule has 0 aromatic heterocycles. The van der Waals surface area contributed by atoms with Crippen LogP contribution in [0.1, 0.15) is 12.8 Å². The molecule has 1 heterocycles. The molecule has 0 bridgehead atoms. The Kier molecular flexibility index (Phi) is 5.42. The van der Waals surface area contributed by atoms with Gasteiger partial charge in [-0.2, -0.15) is 0 Å². The molecule has 18 heavy (non-hydrogen) atoms. The van der Waals surface area contributed by atoms with E-state index in [1.165, 1.54) is 0 Å². The van der Waals surface area contributed by atoms with Gasteiger partial charge in [0.1, 0.15) is 0 Å². The van der Waals surface area contributed by atoms with Crippen LogP contribution in [0.25, 0.3) is 0 Å². The fraction of sp³-hybridized carbons (Fsp3) is 0.538. The highest BCUT2D eigenvalue weighted by molar-refractivity contribution is 5.77. The molecule has 0 radical (unpaired) electrons. The van der Waals surface area contributed by atoms with E-state index in [1.54, 1.807) is 22.0 Å². The number of piperidine rings is 1. The maximum absolute atomic E-state index is 12.2. The summed E-state index contributed by atoms with van der Waals surface area (Å²) in [5.74, 6) is -1.27. The number of nitrogens with zero attached hydrogens (tertiary/aromatic N) is 2. The largest absolute Gasteiger partial charge is 0.481 e. The summed E-state index contributed by atoms with van der Waals surface area (Å²) in [5, 5.41) is 9.00. The molecule has 0 aromatic rings. The van der Waals surface area contributed by atoms with Crippen LogP contribution >= 0.6 is 0 Å². The van der Waals surface area contributed by atoms with Crippen molar-refractivity contribution in [1.29, 1.82) is 0 Å². The average molecular weight is 252 g/mol. The molecular weight excluding hydrogens is 232 g/mol. The lowest BCUT2D eigenvalue weighted by atomic mass is 9.99. The van der Waals surface area contributed by atoms with Gasteiger partial charge in [0.2, 0.25) is 0 Å². The topological polar surface area (TPSA) is 60.9 Å².